The van der Waals surface area contributed by atoms with Crippen LogP contribution < -0.4 is 5.32 Å². The van der Waals surface area contributed by atoms with Crippen molar-refractivity contribution in [2.45, 2.75) is 6.42 Å². The van der Waals surface area contributed by atoms with Crippen LogP contribution in [0.2, 0.25) is 0 Å². The molecule has 0 radical (unpaired) electrons. The van der Waals surface area contributed by atoms with Gasteiger partial charge in [0.25, 0.3) is 5.91 Å². The molecule has 0 aliphatic rings. The molecule has 0 aliphatic heterocycles. The van der Waals surface area contributed by atoms with Gasteiger partial charge in [-0.3, -0.25) is 4.79 Å². The Morgan fingerprint density at radius 1 is 1.21 bits per heavy atom. The minimum atomic E-state index is -0.433. The molecule has 0 aliphatic carbocycles. The van der Waals surface area contributed by atoms with Gasteiger partial charge in [0.1, 0.15) is 5.82 Å². The van der Waals surface area contributed by atoms with Crippen LogP contribution in [0.5, 0.6) is 0 Å². The molecule has 2 aromatic carbocycles. The Bertz CT molecular complexity index is 832. The lowest BCUT2D eigenvalue weighted by Gasteiger charge is -2.08. The summed E-state index contributed by atoms with van der Waals surface area (Å²) < 4.78 is 15.6. The fourth-order valence-electron chi connectivity index (χ4n) is 2.32. The van der Waals surface area contributed by atoms with Gasteiger partial charge in [0.15, 0.2) is 0 Å². The van der Waals surface area contributed by atoms with E-state index in [9.17, 15) is 9.18 Å². The van der Waals surface area contributed by atoms with E-state index < -0.39 is 5.82 Å². The number of carbonyl (C=O) groups excluding carboxylic acids is 1. The summed E-state index contributed by atoms with van der Waals surface area (Å²) in [5.74, 6) is -0.730. The summed E-state index contributed by atoms with van der Waals surface area (Å²) in [6.07, 6.45) is 4.30. The van der Waals surface area contributed by atoms with Gasteiger partial charge in [0.05, 0.1) is 11.3 Å². The number of hydrogen-bond donors (Lipinski definition) is 1. The highest BCUT2D eigenvalue weighted by Crippen LogP contribution is 2.17. The maximum atomic E-state index is 13.2. The summed E-state index contributed by atoms with van der Waals surface area (Å²) in [5, 5.41) is 6.98. The van der Waals surface area contributed by atoms with Gasteiger partial charge < -0.3 is 5.32 Å². The highest BCUT2D eigenvalue weighted by atomic mass is 79.9. The molecule has 0 saturated carbocycles. The van der Waals surface area contributed by atoms with E-state index in [0.717, 1.165) is 11.3 Å². The van der Waals surface area contributed by atoms with Gasteiger partial charge in [-0.2, -0.15) is 5.10 Å². The van der Waals surface area contributed by atoms with Crippen LogP contribution in [0.25, 0.3) is 5.69 Å². The number of halogens is 2. The largest absolute Gasteiger partial charge is 0.352 e. The fourth-order valence-corrected chi connectivity index (χ4v) is 2.75. The molecule has 0 saturated heterocycles. The molecule has 6 heteroatoms. The van der Waals surface area contributed by atoms with E-state index in [1.165, 1.54) is 18.2 Å². The second-order valence-electron chi connectivity index (χ2n) is 5.25. The molecule has 0 fully saturated rings. The second-order valence-corrected chi connectivity index (χ2v) is 6.10. The van der Waals surface area contributed by atoms with E-state index in [0.29, 0.717) is 23.0 Å². The Morgan fingerprint density at radius 3 is 2.71 bits per heavy atom. The molecule has 1 N–H and O–H groups in total. The van der Waals surface area contributed by atoms with Crippen molar-refractivity contribution in [2.24, 2.45) is 0 Å². The first-order valence-corrected chi connectivity index (χ1v) is 8.25. The summed E-state index contributed by atoms with van der Waals surface area (Å²) in [5.41, 5.74) is 2.38. The van der Waals surface area contributed by atoms with Gasteiger partial charge >= 0.3 is 0 Å². The first kappa shape index (κ1) is 16.4. The maximum Gasteiger partial charge on any atom is 0.252 e. The number of benzene rings is 2. The van der Waals surface area contributed by atoms with Crippen molar-refractivity contribution >= 4 is 21.8 Å². The monoisotopic (exact) mass is 387 g/mol. The van der Waals surface area contributed by atoms with Crippen LogP contribution in [-0.4, -0.2) is 22.2 Å². The topological polar surface area (TPSA) is 46.9 Å². The number of nitrogens with one attached hydrogen (secondary N) is 1. The molecule has 0 atom stereocenters. The van der Waals surface area contributed by atoms with Crippen molar-refractivity contribution in [1.29, 1.82) is 0 Å². The molecule has 122 valence electrons. The molecule has 0 bridgehead atoms. The van der Waals surface area contributed by atoms with Crippen LogP contribution in [0, 0.1) is 5.82 Å². The van der Waals surface area contributed by atoms with Crippen LogP contribution in [0.1, 0.15) is 15.9 Å². The highest BCUT2D eigenvalue weighted by Gasteiger charge is 2.10. The number of hydrogen-bond acceptors (Lipinski definition) is 2. The van der Waals surface area contributed by atoms with E-state index in [1.807, 2.05) is 36.5 Å². The Kier molecular flexibility index (Phi) is 5.05. The predicted molar refractivity (Wildman–Crippen MR) is 93.7 cm³/mol. The smallest absolute Gasteiger partial charge is 0.252 e. The molecule has 4 nitrogen and oxygen atoms in total. The Hall–Kier alpha value is -2.47. The number of amides is 1. The fraction of sp³-hybridized carbons (Fsp3) is 0.111. The molecule has 0 spiro atoms. The van der Waals surface area contributed by atoms with Crippen molar-refractivity contribution in [3.63, 3.8) is 0 Å². The van der Waals surface area contributed by atoms with Gasteiger partial charge in [0.2, 0.25) is 0 Å². The zero-order valence-electron chi connectivity index (χ0n) is 12.7. The number of aromatic nitrogens is 2. The van der Waals surface area contributed by atoms with Crippen molar-refractivity contribution < 1.29 is 9.18 Å². The van der Waals surface area contributed by atoms with E-state index in [1.54, 1.807) is 10.9 Å². The van der Waals surface area contributed by atoms with Gasteiger partial charge in [0, 0.05) is 23.4 Å². The average Bonchev–Trinajstić information content (AvgIpc) is 3.12. The molecule has 0 unspecified atom stereocenters. The molecule has 1 amide bonds. The van der Waals surface area contributed by atoms with Crippen LogP contribution in [0.4, 0.5) is 4.39 Å². The van der Waals surface area contributed by atoms with E-state index in [4.69, 9.17) is 0 Å². The minimum absolute atomic E-state index is 0.295. The highest BCUT2D eigenvalue weighted by molar-refractivity contribution is 9.10. The molecule has 1 aromatic heterocycles. The molecular formula is C18H15BrFN3O. The van der Waals surface area contributed by atoms with Crippen LogP contribution in [0.15, 0.2) is 65.4 Å². The van der Waals surface area contributed by atoms with E-state index in [2.05, 4.69) is 26.3 Å². The van der Waals surface area contributed by atoms with Gasteiger partial charge in [-0.05, 0) is 64.3 Å². The van der Waals surface area contributed by atoms with Gasteiger partial charge in [-0.1, -0.05) is 12.1 Å². The number of carbonyl (C=O) groups is 1. The molecular weight excluding hydrogens is 373 g/mol. The molecule has 3 aromatic rings. The third-order valence-corrected chi connectivity index (χ3v) is 4.27. The lowest BCUT2D eigenvalue weighted by molar-refractivity contribution is 0.0953. The second kappa shape index (κ2) is 7.40. The van der Waals surface area contributed by atoms with Crippen molar-refractivity contribution in [3.8, 4) is 5.69 Å². The number of rotatable bonds is 5. The summed E-state index contributed by atoms with van der Waals surface area (Å²) in [6, 6.07) is 13.9. The zero-order valence-corrected chi connectivity index (χ0v) is 14.3. The molecule has 3 rings (SSSR count). The van der Waals surface area contributed by atoms with Crippen molar-refractivity contribution in [3.05, 3.63) is 82.3 Å². The van der Waals surface area contributed by atoms with Crippen LogP contribution in [-0.2, 0) is 6.42 Å². The number of nitrogens with zero attached hydrogens (tertiary/aromatic N) is 2. The standard InChI is InChI=1S/C18H15BrFN3O/c19-17-7-4-14(20)12-16(17)18(24)21-10-8-13-2-5-15(6-3-13)23-11-1-9-22-23/h1-7,9,11-12H,8,10H2,(H,21,24). The maximum absolute atomic E-state index is 13.2. The van der Waals surface area contributed by atoms with E-state index in [-0.39, 0.29) is 5.91 Å². The SMILES string of the molecule is O=C(NCCc1ccc(-n2cccn2)cc1)c1cc(F)ccc1Br. The Labute approximate surface area is 147 Å². The summed E-state index contributed by atoms with van der Waals surface area (Å²) in [4.78, 5) is 12.1. The first-order chi connectivity index (χ1) is 11.6. The van der Waals surface area contributed by atoms with Crippen molar-refractivity contribution in [1.82, 2.24) is 15.1 Å². The Balaban J connectivity index is 1.56. The normalized spacial score (nSPS) is 10.6. The average molecular weight is 388 g/mol. The summed E-state index contributed by atoms with van der Waals surface area (Å²) in [6.45, 7) is 0.475. The van der Waals surface area contributed by atoms with Gasteiger partial charge in [-0.15, -0.1) is 0 Å². The van der Waals surface area contributed by atoms with Crippen molar-refractivity contribution in [2.75, 3.05) is 6.54 Å². The van der Waals surface area contributed by atoms with Gasteiger partial charge in [-0.25, -0.2) is 9.07 Å². The molecule has 24 heavy (non-hydrogen) atoms. The zero-order chi connectivity index (χ0) is 16.9. The summed E-state index contributed by atoms with van der Waals surface area (Å²) in [7, 11) is 0. The minimum Gasteiger partial charge on any atom is -0.352 e. The summed E-state index contributed by atoms with van der Waals surface area (Å²) >= 11 is 3.26. The lowest BCUT2D eigenvalue weighted by Crippen LogP contribution is -2.26. The third-order valence-electron chi connectivity index (χ3n) is 3.58. The van der Waals surface area contributed by atoms with Crippen LogP contribution in [0.3, 0.4) is 0 Å². The lowest BCUT2D eigenvalue weighted by atomic mass is 10.1. The van der Waals surface area contributed by atoms with Crippen LogP contribution >= 0.6 is 15.9 Å². The quantitative estimate of drug-likeness (QED) is 0.724. The third kappa shape index (κ3) is 3.89. The Morgan fingerprint density at radius 2 is 2.00 bits per heavy atom. The predicted octanol–water partition coefficient (Wildman–Crippen LogP) is 3.75. The molecule has 1 heterocycles. The first-order valence-electron chi connectivity index (χ1n) is 7.46. The van der Waals surface area contributed by atoms with E-state index >= 15 is 0 Å².